The Labute approximate surface area is 94.1 Å². The van der Waals surface area contributed by atoms with E-state index in [2.05, 4.69) is 10.3 Å². The fourth-order valence-electron chi connectivity index (χ4n) is 1.30. The number of nitrogens with one attached hydrogen (secondary N) is 1. The molecule has 0 spiro atoms. The highest BCUT2D eigenvalue weighted by Gasteiger charge is 2.10. The van der Waals surface area contributed by atoms with Crippen LogP contribution in [0.3, 0.4) is 0 Å². The van der Waals surface area contributed by atoms with Gasteiger partial charge in [-0.3, -0.25) is 4.79 Å². The van der Waals surface area contributed by atoms with Gasteiger partial charge in [0.15, 0.2) is 0 Å². The summed E-state index contributed by atoms with van der Waals surface area (Å²) in [7, 11) is 0. The normalized spacial score (nSPS) is 12.2. The molecule has 1 heterocycles. The second-order valence-corrected chi connectivity index (χ2v) is 3.67. The second kappa shape index (κ2) is 6.17. The van der Waals surface area contributed by atoms with Crippen molar-refractivity contribution in [3.8, 4) is 0 Å². The van der Waals surface area contributed by atoms with Crippen LogP contribution < -0.4 is 11.1 Å². The lowest BCUT2D eigenvalue weighted by Gasteiger charge is -2.12. The molecule has 88 valence electrons. The monoisotopic (exact) mass is 225 g/mol. The van der Waals surface area contributed by atoms with Crippen LogP contribution in [0.25, 0.3) is 0 Å². The molecule has 4 nitrogen and oxygen atoms in total. The summed E-state index contributed by atoms with van der Waals surface area (Å²) >= 11 is 0. The predicted octanol–water partition coefficient (Wildman–Crippen LogP) is 1.08. The van der Waals surface area contributed by atoms with Gasteiger partial charge in [-0.1, -0.05) is 0 Å². The van der Waals surface area contributed by atoms with E-state index in [1.807, 2.05) is 6.92 Å². The molecule has 0 aliphatic rings. The number of rotatable bonds is 5. The Bertz CT molecular complexity index is 340. The average Bonchev–Trinajstić information content (AvgIpc) is 2.27. The number of halogens is 1. The van der Waals surface area contributed by atoms with Crippen molar-refractivity contribution in [2.24, 2.45) is 5.73 Å². The summed E-state index contributed by atoms with van der Waals surface area (Å²) in [5.74, 6) is -0.739. The molecule has 1 aromatic heterocycles. The molecule has 0 radical (unpaired) electrons. The Balaban J connectivity index is 2.48. The number of nitrogens with zero attached hydrogens (tertiary/aromatic N) is 1. The maximum Gasteiger partial charge on any atom is 0.270 e. The van der Waals surface area contributed by atoms with E-state index in [0.717, 1.165) is 19.0 Å². The lowest BCUT2D eigenvalue weighted by molar-refractivity contribution is 0.0933. The zero-order chi connectivity index (χ0) is 12.0. The van der Waals surface area contributed by atoms with Gasteiger partial charge in [0.2, 0.25) is 0 Å². The quantitative estimate of drug-likeness (QED) is 0.787. The third kappa shape index (κ3) is 3.94. The number of nitrogens with two attached hydrogens (primary N) is 1. The average molecular weight is 225 g/mol. The standard InChI is InChI=1S/C11H16FN3O/c1-8(3-2-6-13)15-11(16)10-5-4-9(12)7-14-10/h4-5,7-8H,2-3,6,13H2,1H3,(H,15,16). The minimum Gasteiger partial charge on any atom is -0.348 e. The summed E-state index contributed by atoms with van der Waals surface area (Å²) in [5, 5.41) is 2.77. The molecule has 0 saturated heterocycles. The van der Waals surface area contributed by atoms with Crippen LogP contribution in [0.5, 0.6) is 0 Å². The highest BCUT2D eigenvalue weighted by atomic mass is 19.1. The molecule has 1 amide bonds. The SMILES string of the molecule is CC(CCCN)NC(=O)c1ccc(F)cn1. The fraction of sp³-hybridized carbons (Fsp3) is 0.455. The van der Waals surface area contributed by atoms with E-state index in [-0.39, 0.29) is 17.6 Å². The molecule has 0 saturated carbocycles. The molecular formula is C11H16FN3O. The molecule has 1 atom stereocenters. The third-order valence-electron chi connectivity index (χ3n) is 2.18. The number of carbonyl (C=O) groups excluding carboxylic acids is 1. The van der Waals surface area contributed by atoms with E-state index in [1.54, 1.807) is 0 Å². The van der Waals surface area contributed by atoms with Crippen LogP contribution in [-0.4, -0.2) is 23.5 Å². The molecule has 16 heavy (non-hydrogen) atoms. The maximum absolute atomic E-state index is 12.6. The van der Waals surface area contributed by atoms with Gasteiger partial charge in [-0.15, -0.1) is 0 Å². The van der Waals surface area contributed by atoms with Crippen LogP contribution in [-0.2, 0) is 0 Å². The van der Waals surface area contributed by atoms with Crippen LogP contribution >= 0.6 is 0 Å². The molecule has 5 heteroatoms. The van der Waals surface area contributed by atoms with E-state index >= 15 is 0 Å². The molecule has 1 rings (SSSR count). The van der Waals surface area contributed by atoms with Gasteiger partial charge in [-0.25, -0.2) is 9.37 Å². The van der Waals surface area contributed by atoms with Crippen molar-refractivity contribution in [3.05, 3.63) is 29.8 Å². The highest BCUT2D eigenvalue weighted by Crippen LogP contribution is 2.00. The Morgan fingerprint density at radius 1 is 1.62 bits per heavy atom. The van der Waals surface area contributed by atoms with Gasteiger partial charge >= 0.3 is 0 Å². The van der Waals surface area contributed by atoms with E-state index in [9.17, 15) is 9.18 Å². The molecule has 3 N–H and O–H groups in total. The minimum atomic E-state index is -0.451. The van der Waals surface area contributed by atoms with Gasteiger partial charge in [-0.05, 0) is 38.4 Å². The van der Waals surface area contributed by atoms with Crippen molar-refractivity contribution in [1.82, 2.24) is 10.3 Å². The number of carbonyl (C=O) groups is 1. The highest BCUT2D eigenvalue weighted by molar-refractivity contribution is 5.92. The number of pyridine rings is 1. The summed E-state index contributed by atoms with van der Waals surface area (Å²) < 4.78 is 12.6. The molecule has 1 aromatic rings. The van der Waals surface area contributed by atoms with Crippen LogP contribution in [0.2, 0.25) is 0 Å². The first-order chi connectivity index (χ1) is 7.63. The van der Waals surface area contributed by atoms with E-state index in [0.29, 0.717) is 6.54 Å². The molecule has 0 fully saturated rings. The smallest absolute Gasteiger partial charge is 0.270 e. The lowest BCUT2D eigenvalue weighted by Crippen LogP contribution is -2.33. The van der Waals surface area contributed by atoms with Crippen LogP contribution in [0.4, 0.5) is 4.39 Å². The van der Waals surface area contributed by atoms with Crippen molar-refractivity contribution in [2.75, 3.05) is 6.54 Å². The number of hydrogen-bond donors (Lipinski definition) is 2. The summed E-state index contributed by atoms with van der Waals surface area (Å²) in [6.45, 7) is 2.51. The van der Waals surface area contributed by atoms with Gasteiger partial charge in [0.05, 0.1) is 6.20 Å². The van der Waals surface area contributed by atoms with Crippen molar-refractivity contribution >= 4 is 5.91 Å². The van der Waals surface area contributed by atoms with Gasteiger partial charge in [0.1, 0.15) is 11.5 Å². The molecule has 0 aliphatic heterocycles. The first-order valence-electron chi connectivity index (χ1n) is 5.26. The Morgan fingerprint density at radius 2 is 2.38 bits per heavy atom. The van der Waals surface area contributed by atoms with Crippen LogP contribution in [0.15, 0.2) is 18.3 Å². The topological polar surface area (TPSA) is 68.0 Å². The lowest BCUT2D eigenvalue weighted by atomic mass is 10.2. The summed E-state index contributed by atoms with van der Waals surface area (Å²) in [5.41, 5.74) is 5.59. The molecule has 0 aliphatic carbocycles. The van der Waals surface area contributed by atoms with Crippen molar-refractivity contribution in [3.63, 3.8) is 0 Å². The Hall–Kier alpha value is -1.49. The van der Waals surface area contributed by atoms with Gasteiger partial charge in [0, 0.05) is 6.04 Å². The molecule has 0 bridgehead atoms. The van der Waals surface area contributed by atoms with Crippen LogP contribution in [0, 0.1) is 5.82 Å². The van der Waals surface area contributed by atoms with Crippen LogP contribution in [0.1, 0.15) is 30.3 Å². The van der Waals surface area contributed by atoms with E-state index in [4.69, 9.17) is 5.73 Å². The zero-order valence-corrected chi connectivity index (χ0v) is 9.24. The number of aromatic nitrogens is 1. The maximum atomic E-state index is 12.6. The van der Waals surface area contributed by atoms with Gasteiger partial charge in [-0.2, -0.15) is 0 Å². The summed E-state index contributed by atoms with van der Waals surface area (Å²) in [6.07, 6.45) is 2.71. The van der Waals surface area contributed by atoms with Crippen molar-refractivity contribution in [2.45, 2.75) is 25.8 Å². The largest absolute Gasteiger partial charge is 0.348 e. The minimum absolute atomic E-state index is 0.0444. The van der Waals surface area contributed by atoms with Gasteiger partial charge in [0.25, 0.3) is 5.91 Å². The Kier molecular flexibility index (Phi) is 4.85. The Morgan fingerprint density at radius 3 is 2.94 bits per heavy atom. The summed E-state index contributed by atoms with van der Waals surface area (Å²) in [6, 6.07) is 2.62. The zero-order valence-electron chi connectivity index (χ0n) is 9.24. The molecular weight excluding hydrogens is 209 g/mol. The first-order valence-corrected chi connectivity index (χ1v) is 5.26. The summed E-state index contributed by atoms with van der Waals surface area (Å²) in [4.78, 5) is 15.3. The van der Waals surface area contributed by atoms with E-state index < -0.39 is 5.82 Å². The third-order valence-corrected chi connectivity index (χ3v) is 2.18. The first kappa shape index (κ1) is 12.6. The van der Waals surface area contributed by atoms with Crippen molar-refractivity contribution < 1.29 is 9.18 Å². The van der Waals surface area contributed by atoms with Crippen molar-refractivity contribution in [1.29, 1.82) is 0 Å². The fourth-order valence-corrected chi connectivity index (χ4v) is 1.30. The predicted molar refractivity (Wildman–Crippen MR) is 59.4 cm³/mol. The number of amides is 1. The van der Waals surface area contributed by atoms with Gasteiger partial charge < -0.3 is 11.1 Å². The number of hydrogen-bond acceptors (Lipinski definition) is 3. The molecule has 1 unspecified atom stereocenters. The van der Waals surface area contributed by atoms with E-state index in [1.165, 1.54) is 12.1 Å². The second-order valence-electron chi connectivity index (χ2n) is 3.67. The molecule has 0 aromatic carbocycles.